The van der Waals surface area contributed by atoms with Crippen molar-refractivity contribution in [1.29, 1.82) is 0 Å². The molecule has 0 spiro atoms. The Balaban J connectivity index is 2.11. The summed E-state index contributed by atoms with van der Waals surface area (Å²) in [5.41, 5.74) is 1.05. The van der Waals surface area contributed by atoms with Crippen LogP contribution in [-0.4, -0.2) is 16.8 Å². The molecule has 1 aromatic rings. The summed E-state index contributed by atoms with van der Waals surface area (Å²) in [6, 6.07) is 1.96. The van der Waals surface area contributed by atoms with E-state index in [2.05, 4.69) is 44.1 Å². The van der Waals surface area contributed by atoms with Crippen LogP contribution in [0.25, 0.3) is 0 Å². The van der Waals surface area contributed by atoms with E-state index < -0.39 is 0 Å². The number of hydrogen-bond donors (Lipinski definition) is 1. The molecule has 106 valence electrons. The fourth-order valence-electron chi connectivity index (χ4n) is 2.80. The van der Waals surface area contributed by atoms with E-state index in [1.165, 1.54) is 24.2 Å². The van der Waals surface area contributed by atoms with Gasteiger partial charge in [0.25, 0.3) is 5.91 Å². The van der Waals surface area contributed by atoms with Gasteiger partial charge in [0.15, 0.2) is 0 Å². The summed E-state index contributed by atoms with van der Waals surface area (Å²) < 4.78 is 1.04. The van der Waals surface area contributed by atoms with Gasteiger partial charge >= 0.3 is 0 Å². The topological polar surface area (TPSA) is 29.1 Å². The van der Waals surface area contributed by atoms with Crippen molar-refractivity contribution in [2.45, 2.75) is 45.1 Å². The Kier molecular flexibility index (Phi) is 5.12. The lowest BCUT2D eigenvalue weighted by molar-refractivity contribution is 0.0873. The van der Waals surface area contributed by atoms with Crippen molar-refractivity contribution in [3.05, 3.63) is 20.3 Å². The van der Waals surface area contributed by atoms with Crippen LogP contribution in [0.15, 0.2) is 9.85 Å². The van der Waals surface area contributed by atoms with Gasteiger partial charge in [-0.1, -0.05) is 35.7 Å². The van der Waals surface area contributed by atoms with Crippen LogP contribution >= 0.6 is 43.2 Å². The van der Waals surface area contributed by atoms with Crippen molar-refractivity contribution in [3.63, 3.8) is 0 Å². The molecule has 0 radical (unpaired) electrons. The first kappa shape index (κ1) is 15.5. The number of thiophene rings is 1. The van der Waals surface area contributed by atoms with Crippen LogP contribution < -0.4 is 5.32 Å². The lowest BCUT2D eigenvalue weighted by atomic mass is 9.77. The molecule has 1 amide bonds. The smallest absolute Gasteiger partial charge is 0.261 e. The van der Waals surface area contributed by atoms with Gasteiger partial charge in [-0.2, -0.15) is 0 Å². The summed E-state index contributed by atoms with van der Waals surface area (Å²) in [6.07, 6.45) is 4.60. The van der Waals surface area contributed by atoms with E-state index in [1.54, 1.807) is 0 Å². The lowest BCUT2D eigenvalue weighted by Crippen LogP contribution is -2.52. The second kappa shape index (κ2) is 6.27. The van der Waals surface area contributed by atoms with Crippen LogP contribution in [0, 0.1) is 12.8 Å². The van der Waals surface area contributed by atoms with E-state index in [0.29, 0.717) is 5.92 Å². The molecule has 1 aliphatic carbocycles. The zero-order valence-corrected chi connectivity index (χ0v) is 15.3. The highest BCUT2D eigenvalue weighted by atomic mass is 79.9. The molecule has 19 heavy (non-hydrogen) atoms. The summed E-state index contributed by atoms with van der Waals surface area (Å²) in [5, 5.41) is 4.11. The second-order valence-corrected chi connectivity index (χ2v) is 8.57. The third-order valence-corrected chi connectivity index (χ3v) is 7.02. The molecule has 1 heterocycles. The van der Waals surface area contributed by atoms with Crippen molar-refractivity contribution in [3.8, 4) is 0 Å². The molecule has 1 aliphatic rings. The highest BCUT2D eigenvalue weighted by molar-refractivity contribution is 9.11. The largest absolute Gasteiger partial charge is 0.345 e. The van der Waals surface area contributed by atoms with Gasteiger partial charge in [0.1, 0.15) is 0 Å². The van der Waals surface area contributed by atoms with Gasteiger partial charge in [-0.3, -0.25) is 4.79 Å². The molecule has 2 nitrogen and oxygen atoms in total. The van der Waals surface area contributed by atoms with Crippen molar-refractivity contribution in [2.24, 2.45) is 5.92 Å². The first-order valence-corrected chi connectivity index (χ1v) is 9.33. The lowest BCUT2D eigenvalue weighted by Gasteiger charge is -2.39. The standard InChI is InChI=1S/C14H19Br2NOS/c1-9-4-3-5-14(7-9,8-15)17-13(18)11-6-10(2)12(16)19-11/h6,9H,3-5,7-8H2,1-2H3,(H,17,18). The third-order valence-electron chi connectivity index (χ3n) is 3.81. The molecule has 1 aromatic heterocycles. The van der Waals surface area contributed by atoms with E-state index in [0.717, 1.165) is 32.4 Å². The maximum atomic E-state index is 12.4. The van der Waals surface area contributed by atoms with Crippen molar-refractivity contribution >= 4 is 49.1 Å². The molecule has 0 saturated heterocycles. The SMILES string of the molecule is Cc1cc(C(=O)NC2(CBr)CCCC(C)C2)sc1Br. The summed E-state index contributed by atoms with van der Waals surface area (Å²) in [5.74, 6) is 0.746. The van der Waals surface area contributed by atoms with Gasteiger partial charge in [0, 0.05) is 5.33 Å². The molecule has 1 saturated carbocycles. The van der Waals surface area contributed by atoms with Crippen LogP contribution in [-0.2, 0) is 0 Å². The van der Waals surface area contributed by atoms with Gasteiger partial charge in [0.2, 0.25) is 0 Å². The number of alkyl halides is 1. The summed E-state index contributed by atoms with van der Waals surface area (Å²) in [6.45, 7) is 4.29. The Morgan fingerprint density at radius 3 is 2.89 bits per heavy atom. The molecular formula is C14H19Br2NOS. The first-order chi connectivity index (χ1) is 8.96. The van der Waals surface area contributed by atoms with E-state index in [4.69, 9.17) is 0 Å². The van der Waals surface area contributed by atoms with E-state index in [9.17, 15) is 4.79 Å². The predicted octanol–water partition coefficient (Wildman–Crippen LogP) is 4.89. The summed E-state index contributed by atoms with van der Waals surface area (Å²) >= 11 is 8.58. The Morgan fingerprint density at radius 2 is 2.37 bits per heavy atom. The second-order valence-electron chi connectivity index (χ2n) is 5.64. The van der Waals surface area contributed by atoms with Crippen molar-refractivity contribution in [1.82, 2.24) is 5.32 Å². The fraction of sp³-hybridized carbons (Fsp3) is 0.643. The van der Waals surface area contributed by atoms with Crippen LogP contribution in [0.3, 0.4) is 0 Å². The van der Waals surface area contributed by atoms with E-state index in [1.807, 2.05) is 13.0 Å². The number of halogens is 2. The number of carbonyl (C=O) groups excluding carboxylic acids is 1. The molecule has 0 aromatic carbocycles. The minimum atomic E-state index is -0.0703. The zero-order valence-electron chi connectivity index (χ0n) is 11.3. The third kappa shape index (κ3) is 3.61. The monoisotopic (exact) mass is 407 g/mol. The van der Waals surface area contributed by atoms with Crippen molar-refractivity contribution < 1.29 is 4.79 Å². The maximum Gasteiger partial charge on any atom is 0.261 e. The van der Waals surface area contributed by atoms with Gasteiger partial charge in [-0.25, -0.2) is 0 Å². The summed E-state index contributed by atoms with van der Waals surface area (Å²) in [7, 11) is 0. The van der Waals surface area contributed by atoms with Crippen LogP contribution in [0.2, 0.25) is 0 Å². The fourth-order valence-corrected chi connectivity index (χ4v) is 4.88. The van der Waals surface area contributed by atoms with Crippen molar-refractivity contribution in [2.75, 3.05) is 5.33 Å². The number of hydrogen-bond acceptors (Lipinski definition) is 2. The number of rotatable bonds is 3. The Labute approximate surface area is 135 Å². The highest BCUT2D eigenvalue weighted by Crippen LogP contribution is 2.34. The first-order valence-electron chi connectivity index (χ1n) is 6.60. The molecule has 1 fully saturated rings. The van der Waals surface area contributed by atoms with Gasteiger partial charge in [-0.05, 0) is 53.2 Å². The Morgan fingerprint density at radius 1 is 1.63 bits per heavy atom. The molecule has 2 unspecified atom stereocenters. The van der Waals surface area contributed by atoms with Gasteiger partial charge < -0.3 is 5.32 Å². The predicted molar refractivity (Wildman–Crippen MR) is 88.4 cm³/mol. The number of nitrogens with one attached hydrogen (secondary N) is 1. The van der Waals surface area contributed by atoms with Gasteiger partial charge in [0.05, 0.1) is 14.2 Å². The molecular weight excluding hydrogens is 390 g/mol. The highest BCUT2D eigenvalue weighted by Gasteiger charge is 2.35. The number of amides is 1. The molecule has 0 aliphatic heterocycles. The Bertz CT molecular complexity index is 455. The number of aryl methyl sites for hydroxylation is 1. The van der Waals surface area contributed by atoms with E-state index >= 15 is 0 Å². The molecule has 5 heteroatoms. The normalized spacial score (nSPS) is 27.3. The number of carbonyl (C=O) groups is 1. The van der Waals surface area contributed by atoms with Crippen LogP contribution in [0.4, 0.5) is 0 Å². The van der Waals surface area contributed by atoms with Crippen LogP contribution in [0.5, 0.6) is 0 Å². The average Bonchev–Trinajstić information content (AvgIpc) is 2.70. The molecule has 2 rings (SSSR count). The quantitative estimate of drug-likeness (QED) is 0.708. The van der Waals surface area contributed by atoms with E-state index in [-0.39, 0.29) is 11.4 Å². The minimum absolute atomic E-state index is 0.0624. The average molecular weight is 409 g/mol. The zero-order chi connectivity index (χ0) is 14.0. The summed E-state index contributed by atoms with van der Waals surface area (Å²) in [4.78, 5) is 13.2. The minimum Gasteiger partial charge on any atom is -0.345 e. The molecule has 0 bridgehead atoms. The van der Waals surface area contributed by atoms with Gasteiger partial charge in [-0.15, -0.1) is 11.3 Å². The van der Waals surface area contributed by atoms with Crippen LogP contribution in [0.1, 0.15) is 47.8 Å². The maximum absolute atomic E-state index is 12.4. The Hall–Kier alpha value is 0.130. The molecule has 1 N–H and O–H groups in total. The molecule has 2 atom stereocenters.